The highest BCUT2D eigenvalue weighted by atomic mass is 16.2. The van der Waals surface area contributed by atoms with Gasteiger partial charge in [0, 0.05) is 5.54 Å². The molecule has 0 aromatic heterocycles. The Morgan fingerprint density at radius 1 is 1.19 bits per heavy atom. The van der Waals surface area contributed by atoms with Crippen molar-refractivity contribution in [3.8, 4) is 0 Å². The Morgan fingerprint density at radius 2 is 1.69 bits per heavy atom. The number of rotatable bonds is 8. The summed E-state index contributed by atoms with van der Waals surface area (Å²) in [5.74, 6) is 0.0130. The lowest BCUT2D eigenvalue weighted by atomic mass is 9.89. The Hall–Kier alpha value is -0.570. The zero-order valence-corrected chi connectivity index (χ0v) is 11.3. The van der Waals surface area contributed by atoms with Gasteiger partial charge in [-0.2, -0.15) is 0 Å². The summed E-state index contributed by atoms with van der Waals surface area (Å²) in [4.78, 5) is 11.9. The molecule has 0 aromatic carbocycles. The van der Waals surface area contributed by atoms with Gasteiger partial charge in [-0.05, 0) is 25.7 Å². The number of nitrogens with one attached hydrogen (secondary N) is 1. The predicted molar refractivity (Wildman–Crippen MR) is 69.2 cm³/mol. The molecule has 1 amide bonds. The summed E-state index contributed by atoms with van der Waals surface area (Å²) in [7, 11) is 0. The van der Waals surface area contributed by atoms with Crippen molar-refractivity contribution in [2.45, 2.75) is 77.8 Å². The minimum atomic E-state index is -0.344. The van der Waals surface area contributed by atoms with Crippen molar-refractivity contribution in [3.63, 3.8) is 0 Å². The van der Waals surface area contributed by atoms with E-state index >= 15 is 0 Å². The van der Waals surface area contributed by atoms with Gasteiger partial charge in [-0.15, -0.1) is 0 Å². The van der Waals surface area contributed by atoms with Gasteiger partial charge in [0.05, 0.1) is 6.04 Å². The van der Waals surface area contributed by atoms with Crippen LogP contribution in [-0.2, 0) is 4.79 Å². The molecule has 0 aliphatic heterocycles. The van der Waals surface area contributed by atoms with Gasteiger partial charge in [-0.1, -0.05) is 40.5 Å². The molecule has 96 valence electrons. The van der Waals surface area contributed by atoms with Crippen LogP contribution in [0.4, 0.5) is 0 Å². The molecule has 0 bridgehead atoms. The summed E-state index contributed by atoms with van der Waals surface area (Å²) in [6, 6.07) is -0.344. The summed E-state index contributed by atoms with van der Waals surface area (Å²) in [6.45, 7) is 8.46. The first-order valence-electron chi connectivity index (χ1n) is 6.62. The summed E-state index contributed by atoms with van der Waals surface area (Å²) in [5, 5.41) is 3.12. The van der Waals surface area contributed by atoms with Crippen LogP contribution in [0.5, 0.6) is 0 Å². The van der Waals surface area contributed by atoms with Gasteiger partial charge in [-0.3, -0.25) is 4.79 Å². The smallest absolute Gasteiger partial charge is 0.237 e. The van der Waals surface area contributed by atoms with Crippen molar-refractivity contribution >= 4 is 5.91 Å². The van der Waals surface area contributed by atoms with E-state index in [9.17, 15) is 4.79 Å². The molecule has 1 unspecified atom stereocenters. The average molecular weight is 228 g/mol. The van der Waals surface area contributed by atoms with Gasteiger partial charge in [0.1, 0.15) is 0 Å². The first kappa shape index (κ1) is 15.4. The number of hydrogen-bond donors (Lipinski definition) is 2. The highest BCUT2D eigenvalue weighted by Crippen LogP contribution is 2.19. The minimum absolute atomic E-state index is 0.0130. The van der Waals surface area contributed by atoms with Crippen molar-refractivity contribution in [1.29, 1.82) is 0 Å². The normalized spacial score (nSPS) is 13.6. The fraction of sp³-hybridized carbons (Fsp3) is 0.923. The predicted octanol–water partition coefficient (Wildman–Crippen LogP) is 2.59. The molecule has 0 radical (unpaired) electrons. The second-order valence-corrected chi connectivity index (χ2v) is 4.58. The van der Waals surface area contributed by atoms with Crippen LogP contribution in [0.25, 0.3) is 0 Å². The van der Waals surface area contributed by atoms with Gasteiger partial charge in [0.2, 0.25) is 5.91 Å². The zero-order chi connectivity index (χ0) is 12.6. The van der Waals surface area contributed by atoms with E-state index in [1.807, 2.05) is 0 Å². The van der Waals surface area contributed by atoms with Crippen LogP contribution >= 0.6 is 0 Å². The molecule has 0 spiro atoms. The summed E-state index contributed by atoms with van der Waals surface area (Å²) in [6.07, 6.45) is 5.79. The largest absolute Gasteiger partial charge is 0.349 e. The summed E-state index contributed by atoms with van der Waals surface area (Å²) >= 11 is 0. The quantitative estimate of drug-likeness (QED) is 0.671. The maximum Gasteiger partial charge on any atom is 0.237 e. The molecule has 0 rings (SSSR count). The Balaban J connectivity index is 4.28. The lowest BCUT2D eigenvalue weighted by Crippen LogP contribution is -2.52. The lowest BCUT2D eigenvalue weighted by molar-refractivity contribution is -0.124. The highest BCUT2D eigenvalue weighted by molar-refractivity contribution is 5.82. The molecular formula is C13H28N2O. The van der Waals surface area contributed by atoms with Gasteiger partial charge >= 0.3 is 0 Å². The minimum Gasteiger partial charge on any atom is -0.349 e. The third-order valence-electron chi connectivity index (χ3n) is 3.62. The molecule has 3 heteroatoms. The molecule has 0 heterocycles. The molecule has 3 N–H and O–H groups in total. The Morgan fingerprint density at radius 3 is 2.06 bits per heavy atom. The van der Waals surface area contributed by atoms with Crippen molar-refractivity contribution < 1.29 is 4.79 Å². The third-order valence-corrected chi connectivity index (χ3v) is 3.62. The van der Waals surface area contributed by atoms with Crippen LogP contribution in [0.2, 0.25) is 0 Å². The number of unbranched alkanes of at least 4 members (excludes halogenated alkanes) is 1. The molecule has 3 nitrogen and oxygen atoms in total. The molecule has 16 heavy (non-hydrogen) atoms. The van der Waals surface area contributed by atoms with E-state index in [1.165, 1.54) is 0 Å². The van der Waals surface area contributed by atoms with E-state index < -0.39 is 0 Å². The van der Waals surface area contributed by atoms with Gasteiger partial charge in [0.25, 0.3) is 0 Å². The molecule has 1 atom stereocenters. The van der Waals surface area contributed by atoms with E-state index in [2.05, 4.69) is 33.0 Å². The van der Waals surface area contributed by atoms with E-state index in [4.69, 9.17) is 5.73 Å². The van der Waals surface area contributed by atoms with E-state index in [-0.39, 0.29) is 17.5 Å². The second kappa shape index (κ2) is 7.66. The maximum atomic E-state index is 11.9. The topological polar surface area (TPSA) is 55.1 Å². The van der Waals surface area contributed by atoms with Crippen LogP contribution in [-0.4, -0.2) is 17.5 Å². The molecule has 0 fully saturated rings. The zero-order valence-electron chi connectivity index (χ0n) is 11.3. The van der Waals surface area contributed by atoms with Crippen LogP contribution < -0.4 is 11.1 Å². The summed E-state index contributed by atoms with van der Waals surface area (Å²) < 4.78 is 0. The molecular weight excluding hydrogens is 200 g/mol. The van der Waals surface area contributed by atoms with Crippen LogP contribution in [0, 0.1) is 0 Å². The number of amides is 1. The fourth-order valence-corrected chi connectivity index (χ4v) is 1.92. The average Bonchev–Trinajstić information content (AvgIpc) is 2.32. The molecule has 0 saturated heterocycles. The number of carbonyl (C=O) groups is 1. The fourth-order valence-electron chi connectivity index (χ4n) is 1.92. The summed E-state index contributed by atoms with van der Waals surface area (Å²) in [5.41, 5.74) is 5.81. The van der Waals surface area contributed by atoms with Crippen molar-refractivity contribution in [3.05, 3.63) is 0 Å². The maximum absolute atomic E-state index is 11.9. The number of nitrogens with two attached hydrogens (primary N) is 1. The first-order chi connectivity index (χ1) is 7.55. The molecule has 0 saturated carbocycles. The van der Waals surface area contributed by atoms with Crippen molar-refractivity contribution in [2.24, 2.45) is 5.73 Å². The Bertz CT molecular complexity index is 192. The van der Waals surface area contributed by atoms with Crippen LogP contribution in [0.15, 0.2) is 0 Å². The Kier molecular flexibility index (Phi) is 7.39. The van der Waals surface area contributed by atoms with Gasteiger partial charge in [-0.25, -0.2) is 0 Å². The first-order valence-corrected chi connectivity index (χ1v) is 6.62. The number of hydrogen-bond acceptors (Lipinski definition) is 2. The standard InChI is InChI=1S/C13H28N2O/c1-5-9-10-11(14)12(16)15-13(6-2,7-3)8-4/h11H,5-10,14H2,1-4H3,(H,15,16). The van der Waals surface area contributed by atoms with Crippen LogP contribution in [0.1, 0.15) is 66.2 Å². The van der Waals surface area contributed by atoms with Crippen molar-refractivity contribution in [1.82, 2.24) is 5.32 Å². The molecule has 0 aromatic rings. The van der Waals surface area contributed by atoms with E-state index in [0.29, 0.717) is 0 Å². The highest BCUT2D eigenvalue weighted by Gasteiger charge is 2.27. The second-order valence-electron chi connectivity index (χ2n) is 4.58. The third kappa shape index (κ3) is 4.52. The van der Waals surface area contributed by atoms with E-state index in [0.717, 1.165) is 38.5 Å². The lowest BCUT2D eigenvalue weighted by Gasteiger charge is -2.33. The monoisotopic (exact) mass is 228 g/mol. The van der Waals surface area contributed by atoms with E-state index in [1.54, 1.807) is 0 Å². The molecule has 0 aliphatic rings. The Labute approximate surface area is 100 Å². The van der Waals surface area contributed by atoms with Gasteiger partial charge in [0.15, 0.2) is 0 Å². The van der Waals surface area contributed by atoms with Gasteiger partial charge < -0.3 is 11.1 Å². The van der Waals surface area contributed by atoms with Crippen molar-refractivity contribution in [2.75, 3.05) is 0 Å². The SMILES string of the molecule is CCCCC(N)C(=O)NC(CC)(CC)CC. The van der Waals surface area contributed by atoms with Crippen LogP contribution in [0.3, 0.4) is 0 Å². The number of carbonyl (C=O) groups excluding carboxylic acids is 1. The molecule has 0 aliphatic carbocycles.